The summed E-state index contributed by atoms with van der Waals surface area (Å²) >= 11 is 0. The van der Waals surface area contributed by atoms with E-state index in [0.717, 1.165) is 31.4 Å². The van der Waals surface area contributed by atoms with Crippen molar-refractivity contribution in [3.63, 3.8) is 0 Å². The number of nitrogens with zero attached hydrogens (tertiary/aromatic N) is 2. The van der Waals surface area contributed by atoms with Crippen LogP contribution < -0.4 is 5.32 Å². The van der Waals surface area contributed by atoms with Crippen molar-refractivity contribution in [1.29, 1.82) is 0 Å². The minimum absolute atomic E-state index is 0.278. The Hall–Kier alpha value is -2.42. The normalized spacial score (nSPS) is 21.5. The third kappa shape index (κ3) is 8.29. The first-order valence-electron chi connectivity index (χ1n) is 14.0. The molecule has 1 saturated carbocycles. The van der Waals surface area contributed by atoms with Gasteiger partial charge in [-0.2, -0.15) is 0 Å². The van der Waals surface area contributed by atoms with Gasteiger partial charge in [0.25, 0.3) is 0 Å². The van der Waals surface area contributed by atoms with Gasteiger partial charge in [0.1, 0.15) is 5.60 Å². The molecule has 0 spiro atoms. The molecular formula is C31H47N3O4S. The van der Waals surface area contributed by atoms with E-state index in [9.17, 15) is 13.2 Å². The Morgan fingerprint density at radius 3 is 2.15 bits per heavy atom. The monoisotopic (exact) mass is 557 g/mol. The lowest BCUT2D eigenvalue weighted by Gasteiger charge is -2.35. The summed E-state index contributed by atoms with van der Waals surface area (Å²) in [6.07, 6.45) is 2.64. The number of sulfonamides is 1. The molecular weight excluding hydrogens is 510 g/mol. The first-order chi connectivity index (χ1) is 18.2. The van der Waals surface area contributed by atoms with E-state index in [-0.39, 0.29) is 12.1 Å². The lowest BCUT2D eigenvalue weighted by molar-refractivity contribution is 0.0266. The van der Waals surface area contributed by atoms with E-state index in [1.54, 1.807) is 36.2 Å². The fourth-order valence-corrected chi connectivity index (χ4v) is 6.97. The van der Waals surface area contributed by atoms with Crippen molar-refractivity contribution < 1.29 is 17.9 Å². The summed E-state index contributed by atoms with van der Waals surface area (Å²) in [6.45, 7) is 11.8. The third-order valence-corrected chi connectivity index (χ3v) is 9.70. The number of likely N-dealkylation sites (N-methyl/N-ethyl adjacent to an activating group) is 1. The smallest absolute Gasteiger partial charge is 0.410 e. The maximum Gasteiger partial charge on any atom is 0.410 e. The molecule has 216 valence electrons. The Balaban J connectivity index is 1.70. The summed E-state index contributed by atoms with van der Waals surface area (Å²) in [6, 6.07) is 19.1. The summed E-state index contributed by atoms with van der Waals surface area (Å²) in [5.74, 6) is 0.827. The van der Waals surface area contributed by atoms with Gasteiger partial charge in [-0.25, -0.2) is 17.5 Å². The number of hydrogen-bond donors (Lipinski definition) is 1. The molecule has 1 N–H and O–H groups in total. The Bertz CT molecular complexity index is 1170. The molecule has 2 aromatic rings. The molecule has 4 unspecified atom stereocenters. The maximum absolute atomic E-state index is 13.3. The topological polar surface area (TPSA) is 79.0 Å². The highest BCUT2D eigenvalue weighted by atomic mass is 32.2. The summed E-state index contributed by atoms with van der Waals surface area (Å²) in [5, 5.41) is 3.80. The number of carbonyl (C=O) groups excluding carboxylic acids is 1. The number of carbonyl (C=O) groups is 1. The number of nitrogens with one attached hydrogen (secondary N) is 1. The number of rotatable bonds is 11. The van der Waals surface area contributed by atoms with Gasteiger partial charge in [0.2, 0.25) is 10.0 Å². The third-order valence-electron chi connectivity index (χ3n) is 7.88. The van der Waals surface area contributed by atoms with Crippen LogP contribution in [-0.2, 0) is 20.2 Å². The number of amides is 1. The molecule has 0 aliphatic heterocycles. The molecule has 1 aliphatic carbocycles. The second kappa shape index (κ2) is 12.8. The lowest BCUT2D eigenvalue weighted by Crippen LogP contribution is -2.46. The van der Waals surface area contributed by atoms with E-state index >= 15 is 0 Å². The Kier molecular flexibility index (Phi) is 10.2. The standard InChI is InChI=1S/C31H47N3O4S/c1-24-18-19-25(22-33(6)29(35)38-30(2,3)4)28(24)32-21-20-31(5,26-14-10-8-11-15-26)23-34(7)39(36,37)27-16-12-9-13-17-27/h8-17,24-25,28,32H,18-23H2,1-7H3. The van der Waals surface area contributed by atoms with E-state index in [4.69, 9.17) is 4.74 Å². The van der Waals surface area contributed by atoms with Crippen molar-refractivity contribution in [1.82, 2.24) is 14.5 Å². The van der Waals surface area contributed by atoms with Crippen molar-refractivity contribution >= 4 is 16.1 Å². The molecule has 7 nitrogen and oxygen atoms in total. The van der Waals surface area contributed by atoms with Crippen LogP contribution in [0.3, 0.4) is 0 Å². The van der Waals surface area contributed by atoms with Crippen LogP contribution in [0.25, 0.3) is 0 Å². The van der Waals surface area contributed by atoms with Gasteiger partial charge in [-0.3, -0.25) is 0 Å². The average molecular weight is 558 g/mol. The Morgan fingerprint density at radius 2 is 1.56 bits per heavy atom. The van der Waals surface area contributed by atoms with E-state index in [1.165, 1.54) is 4.31 Å². The van der Waals surface area contributed by atoms with E-state index in [2.05, 4.69) is 31.3 Å². The maximum atomic E-state index is 13.3. The zero-order valence-electron chi connectivity index (χ0n) is 24.7. The van der Waals surface area contributed by atoms with E-state index in [1.807, 2.05) is 52.1 Å². The second-order valence-electron chi connectivity index (χ2n) is 12.4. The van der Waals surface area contributed by atoms with Crippen LogP contribution in [0.5, 0.6) is 0 Å². The van der Waals surface area contributed by atoms with Crippen molar-refractivity contribution in [3.05, 3.63) is 66.2 Å². The highest BCUT2D eigenvalue weighted by molar-refractivity contribution is 7.89. The second-order valence-corrected chi connectivity index (χ2v) is 14.5. The van der Waals surface area contributed by atoms with Crippen LogP contribution in [0.1, 0.15) is 59.4 Å². The fraction of sp³-hybridized carbons (Fsp3) is 0.581. The quantitative estimate of drug-likeness (QED) is 0.393. The van der Waals surface area contributed by atoms with Crippen molar-refractivity contribution in [2.24, 2.45) is 11.8 Å². The van der Waals surface area contributed by atoms with Gasteiger partial charge in [0.05, 0.1) is 4.90 Å². The molecule has 0 saturated heterocycles. The zero-order chi connectivity index (χ0) is 28.8. The molecule has 3 rings (SSSR count). The van der Waals surface area contributed by atoms with Crippen LogP contribution in [0.15, 0.2) is 65.6 Å². The number of ether oxygens (including phenoxy) is 1. The predicted octanol–water partition coefficient (Wildman–Crippen LogP) is 5.53. The molecule has 1 amide bonds. The minimum Gasteiger partial charge on any atom is -0.444 e. The van der Waals surface area contributed by atoms with Crippen LogP contribution in [-0.4, -0.2) is 69.1 Å². The van der Waals surface area contributed by atoms with Crippen molar-refractivity contribution in [2.45, 2.75) is 75.8 Å². The summed E-state index contributed by atoms with van der Waals surface area (Å²) in [4.78, 5) is 14.6. The summed E-state index contributed by atoms with van der Waals surface area (Å²) in [7, 11) is -0.135. The molecule has 8 heteroatoms. The predicted molar refractivity (Wildman–Crippen MR) is 157 cm³/mol. The van der Waals surface area contributed by atoms with Crippen LogP contribution in [0, 0.1) is 11.8 Å². The molecule has 0 aromatic heterocycles. The highest BCUT2D eigenvalue weighted by Crippen LogP contribution is 2.34. The van der Waals surface area contributed by atoms with Crippen LogP contribution in [0.4, 0.5) is 4.79 Å². The molecule has 2 aromatic carbocycles. The highest BCUT2D eigenvalue weighted by Gasteiger charge is 2.37. The minimum atomic E-state index is -3.61. The first-order valence-corrected chi connectivity index (χ1v) is 15.4. The van der Waals surface area contributed by atoms with Gasteiger partial charge >= 0.3 is 6.09 Å². The first kappa shape index (κ1) is 31.1. The average Bonchev–Trinajstić information content (AvgIpc) is 3.22. The molecule has 0 bridgehead atoms. The van der Waals surface area contributed by atoms with Gasteiger partial charge in [0, 0.05) is 38.6 Å². The largest absolute Gasteiger partial charge is 0.444 e. The zero-order valence-corrected chi connectivity index (χ0v) is 25.5. The lowest BCUT2D eigenvalue weighted by atomic mass is 9.79. The SMILES string of the molecule is CC1CCC(CN(C)C(=O)OC(C)(C)C)C1NCCC(C)(CN(C)S(=O)(=O)c1ccccc1)c1ccccc1. The van der Waals surface area contributed by atoms with Gasteiger partial charge < -0.3 is 15.0 Å². The molecule has 0 radical (unpaired) electrons. The Morgan fingerprint density at radius 1 is 0.974 bits per heavy atom. The number of hydrogen-bond acceptors (Lipinski definition) is 5. The van der Waals surface area contributed by atoms with Gasteiger partial charge in [-0.15, -0.1) is 0 Å². The molecule has 4 atom stereocenters. The molecule has 1 fully saturated rings. The van der Waals surface area contributed by atoms with Crippen molar-refractivity contribution in [3.8, 4) is 0 Å². The molecule has 0 heterocycles. The summed E-state index contributed by atoms with van der Waals surface area (Å²) < 4.78 is 33.7. The van der Waals surface area contributed by atoms with Gasteiger partial charge in [0.15, 0.2) is 0 Å². The van der Waals surface area contributed by atoms with Crippen molar-refractivity contribution in [2.75, 3.05) is 33.7 Å². The van der Waals surface area contributed by atoms with Crippen LogP contribution in [0.2, 0.25) is 0 Å². The van der Waals surface area contributed by atoms with Crippen LogP contribution >= 0.6 is 0 Å². The molecule has 1 aliphatic rings. The van der Waals surface area contributed by atoms with E-state index < -0.39 is 21.0 Å². The number of benzene rings is 2. The molecule has 39 heavy (non-hydrogen) atoms. The summed E-state index contributed by atoms with van der Waals surface area (Å²) in [5.41, 5.74) is 0.201. The van der Waals surface area contributed by atoms with E-state index in [0.29, 0.717) is 29.8 Å². The van der Waals surface area contributed by atoms with Gasteiger partial charge in [-0.05, 0) is 76.1 Å². The fourth-order valence-electron chi connectivity index (χ4n) is 5.66. The van der Waals surface area contributed by atoms with Gasteiger partial charge in [-0.1, -0.05) is 62.4 Å². The Labute approximate surface area is 236 Å².